The van der Waals surface area contributed by atoms with Crippen molar-refractivity contribution in [1.82, 2.24) is 5.32 Å². The first-order valence-corrected chi connectivity index (χ1v) is 7.84. The van der Waals surface area contributed by atoms with E-state index in [9.17, 15) is 14.3 Å². The molecule has 24 heavy (non-hydrogen) atoms. The number of hydrogen-bond acceptors (Lipinski definition) is 3. The molecule has 1 unspecified atom stereocenters. The number of aliphatic hydroxyl groups is 1. The fourth-order valence-electron chi connectivity index (χ4n) is 2.49. The maximum atomic E-state index is 13.6. The Morgan fingerprint density at radius 3 is 2.71 bits per heavy atom. The van der Waals surface area contributed by atoms with Gasteiger partial charge in [0.25, 0.3) is 0 Å². The normalized spacial score (nSPS) is 11.8. The van der Waals surface area contributed by atoms with E-state index < -0.39 is 11.9 Å². The van der Waals surface area contributed by atoms with Gasteiger partial charge in [-0.3, -0.25) is 4.79 Å². The van der Waals surface area contributed by atoms with E-state index in [0.717, 1.165) is 16.7 Å². The van der Waals surface area contributed by atoms with Crippen LogP contribution in [-0.4, -0.2) is 24.7 Å². The van der Waals surface area contributed by atoms with Crippen LogP contribution in [0.3, 0.4) is 0 Å². The molecule has 0 saturated heterocycles. The third-order valence-electron chi connectivity index (χ3n) is 3.90. The van der Waals surface area contributed by atoms with Gasteiger partial charge >= 0.3 is 0 Å². The van der Waals surface area contributed by atoms with Crippen LogP contribution >= 0.6 is 0 Å². The number of halogens is 1. The van der Waals surface area contributed by atoms with E-state index in [2.05, 4.69) is 5.32 Å². The van der Waals surface area contributed by atoms with Crippen molar-refractivity contribution in [2.45, 2.75) is 25.9 Å². The third kappa shape index (κ3) is 4.80. The van der Waals surface area contributed by atoms with E-state index in [4.69, 9.17) is 4.74 Å². The largest absolute Gasteiger partial charge is 0.494 e. The molecule has 2 N–H and O–H groups in total. The lowest BCUT2D eigenvalue weighted by atomic mass is 10.0. The fraction of sp³-hybridized carbons (Fsp3) is 0.316. The molecule has 0 radical (unpaired) electrons. The number of aliphatic hydroxyl groups excluding tert-OH is 1. The maximum absolute atomic E-state index is 13.6. The SMILES string of the molecule is COc1ccc(CCC(=O)NCC(O)c2ccccc2C)cc1F. The van der Waals surface area contributed by atoms with Gasteiger partial charge < -0.3 is 15.2 Å². The summed E-state index contributed by atoms with van der Waals surface area (Å²) < 4.78 is 18.5. The van der Waals surface area contributed by atoms with Crippen molar-refractivity contribution in [2.24, 2.45) is 0 Å². The molecule has 1 amide bonds. The molecule has 0 saturated carbocycles. The van der Waals surface area contributed by atoms with Crippen LogP contribution in [0.1, 0.15) is 29.2 Å². The van der Waals surface area contributed by atoms with Gasteiger partial charge in [-0.25, -0.2) is 4.39 Å². The van der Waals surface area contributed by atoms with Crippen LogP contribution in [0, 0.1) is 12.7 Å². The molecule has 1 atom stereocenters. The lowest BCUT2D eigenvalue weighted by Crippen LogP contribution is -2.28. The summed E-state index contributed by atoms with van der Waals surface area (Å²) in [6, 6.07) is 12.2. The zero-order chi connectivity index (χ0) is 17.5. The fourth-order valence-corrected chi connectivity index (χ4v) is 2.49. The first kappa shape index (κ1) is 17.9. The summed E-state index contributed by atoms with van der Waals surface area (Å²) in [5.41, 5.74) is 2.51. The minimum Gasteiger partial charge on any atom is -0.494 e. The van der Waals surface area contributed by atoms with E-state index in [1.807, 2.05) is 31.2 Å². The Balaban J connectivity index is 1.81. The Morgan fingerprint density at radius 1 is 1.29 bits per heavy atom. The Labute approximate surface area is 141 Å². The number of benzene rings is 2. The predicted octanol–water partition coefficient (Wildman–Crippen LogP) is 2.93. The molecule has 0 fully saturated rings. The van der Waals surface area contributed by atoms with Crippen molar-refractivity contribution in [3.63, 3.8) is 0 Å². The molecule has 0 aliphatic rings. The molecule has 0 aromatic heterocycles. The van der Waals surface area contributed by atoms with E-state index >= 15 is 0 Å². The van der Waals surface area contributed by atoms with E-state index in [1.165, 1.54) is 13.2 Å². The molecule has 0 heterocycles. The van der Waals surface area contributed by atoms with Crippen molar-refractivity contribution in [1.29, 1.82) is 0 Å². The van der Waals surface area contributed by atoms with Gasteiger partial charge in [0.2, 0.25) is 5.91 Å². The van der Waals surface area contributed by atoms with Gasteiger partial charge in [-0.2, -0.15) is 0 Å². The average molecular weight is 331 g/mol. The highest BCUT2D eigenvalue weighted by atomic mass is 19.1. The number of nitrogens with one attached hydrogen (secondary N) is 1. The molecule has 4 nitrogen and oxygen atoms in total. The molecule has 0 spiro atoms. The summed E-state index contributed by atoms with van der Waals surface area (Å²) in [6.45, 7) is 2.07. The van der Waals surface area contributed by atoms with E-state index in [0.29, 0.717) is 6.42 Å². The minimum atomic E-state index is -0.742. The second-order valence-electron chi connectivity index (χ2n) is 5.65. The number of hydrogen-bond donors (Lipinski definition) is 2. The maximum Gasteiger partial charge on any atom is 0.220 e. The average Bonchev–Trinajstić information content (AvgIpc) is 2.58. The quantitative estimate of drug-likeness (QED) is 0.820. The number of methoxy groups -OCH3 is 1. The van der Waals surface area contributed by atoms with Crippen molar-refractivity contribution >= 4 is 5.91 Å². The lowest BCUT2D eigenvalue weighted by molar-refractivity contribution is -0.121. The lowest BCUT2D eigenvalue weighted by Gasteiger charge is -2.14. The number of carbonyl (C=O) groups excluding carboxylic acids is 1. The Kier molecular flexibility index (Phi) is 6.32. The monoisotopic (exact) mass is 331 g/mol. The Hall–Kier alpha value is -2.40. The number of rotatable bonds is 7. The smallest absolute Gasteiger partial charge is 0.220 e. The van der Waals surface area contributed by atoms with Crippen molar-refractivity contribution in [3.05, 3.63) is 65.0 Å². The predicted molar refractivity (Wildman–Crippen MR) is 90.4 cm³/mol. The van der Waals surface area contributed by atoms with E-state index in [-0.39, 0.29) is 24.6 Å². The second-order valence-corrected chi connectivity index (χ2v) is 5.65. The van der Waals surface area contributed by atoms with Gasteiger partial charge in [0.1, 0.15) is 0 Å². The van der Waals surface area contributed by atoms with Gasteiger partial charge in [-0.05, 0) is 42.2 Å². The molecule has 5 heteroatoms. The van der Waals surface area contributed by atoms with Gasteiger partial charge in [0, 0.05) is 13.0 Å². The Bertz CT molecular complexity index is 703. The third-order valence-corrected chi connectivity index (χ3v) is 3.90. The molecule has 0 bridgehead atoms. The van der Waals surface area contributed by atoms with Gasteiger partial charge in [-0.15, -0.1) is 0 Å². The molecule has 128 valence electrons. The standard InChI is InChI=1S/C19H22FNO3/c1-13-5-3-4-6-15(13)17(22)12-21-19(23)10-8-14-7-9-18(24-2)16(20)11-14/h3-7,9,11,17,22H,8,10,12H2,1-2H3,(H,21,23). The van der Waals surface area contributed by atoms with Crippen LogP contribution in [0.2, 0.25) is 0 Å². The van der Waals surface area contributed by atoms with Gasteiger partial charge in [-0.1, -0.05) is 30.3 Å². The molecular formula is C19H22FNO3. The van der Waals surface area contributed by atoms with Crippen LogP contribution in [0.5, 0.6) is 5.75 Å². The highest BCUT2D eigenvalue weighted by Gasteiger charge is 2.12. The molecule has 2 aromatic rings. The summed E-state index contributed by atoms with van der Waals surface area (Å²) in [6.07, 6.45) is -0.0898. The summed E-state index contributed by atoms with van der Waals surface area (Å²) in [5.74, 6) is -0.436. The van der Waals surface area contributed by atoms with Crippen molar-refractivity contribution in [2.75, 3.05) is 13.7 Å². The van der Waals surface area contributed by atoms with Gasteiger partial charge in [0.15, 0.2) is 11.6 Å². The Morgan fingerprint density at radius 2 is 2.04 bits per heavy atom. The summed E-state index contributed by atoms with van der Waals surface area (Å²) in [4.78, 5) is 11.9. The number of carbonyl (C=O) groups is 1. The summed E-state index contributed by atoms with van der Waals surface area (Å²) >= 11 is 0. The van der Waals surface area contributed by atoms with Crippen LogP contribution in [0.15, 0.2) is 42.5 Å². The number of amides is 1. The topological polar surface area (TPSA) is 58.6 Å². The highest BCUT2D eigenvalue weighted by molar-refractivity contribution is 5.76. The minimum absolute atomic E-state index is 0.153. The summed E-state index contributed by atoms with van der Waals surface area (Å²) in [7, 11) is 1.41. The van der Waals surface area contributed by atoms with Crippen LogP contribution < -0.4 is 10.1 Å². The zero-order valence-corrected chi connectivity index (χ0v) is 13.9. The second kappa shape index (κ2) is 8.45. The molecule has 2 aromatic carbocycles. The molecular weight excluding hydrogens is 309 g/mol. The summed E-state index contributed by atoms with van der Waals surface area (Å²) in [5, 5.41) is 12.9. The van der Waals surface area contributed by atoms with Gasteiger partial charge in [0.05, 0.1) is 13.2 Å². The van der Waals surface area contributed by atoms with Crippen LogP contribution in [0.4, 0.5) is 4.39 Å². The number of aryl methyl sites for hydroxylation is 2. The van der Waals surface area contributed by atoms with Crippen LogP contribution in [-0.2, 0) is 11.2 Å². The highest BCUT2D eigenvalue weighted by Crippen LogP contribution is 2.19. The first-order chi connectivity index (χ1) is 11.5. The van der Waals surface area contributed by atoms with Crippen molar-refractivity contribution in [3.8, 4) is 5.75 Å². The number of ether oxygens (including phenoxy) is 1. The molecule has 2 rings (SSSR count). The molecule has 0 aliphatic heterocycles. The molecule has 0 aliphatic carbocycles. The van der Waals surface area contributed by atoms with Crippen LogP contribution in [0.25, 0.3) is 0 Å². The first-order valence-electron chi connectivity index (χ1n) is 7.84. The van der Waals surface area contributed by atoms with E-state index in [1.54, 1.807) is 12.1 Å². The van der Waals surface area contributed by atoms with Crippen molar-refractivity contribution < 1.29 is 19.0 Å². The zero-order valence-electron chi connectivity index (χ0n) is 13.9.